The molecule has 2 saturated heterocycles. The summed E-state index contributed by atoms with van der Waals surface area (Å²) in [7, 11) is 0. The van der Waals surface area contributed by atoms with Gasteiger partial charge in [0.2, 0.25) is 11.0 Å². The number of amides is 1. The monoisotopic (exact) mass is 324 g/mol. The van der Waals surface area contributed by atoms with E-state index in [4.69, 9.17) is 4.74 Å². The topological polar surface area (TPSA) is 67.4 Å². The number of anilines is 1. The van der Waals surface area contributed by atoms with E-state index in [1.165, 1.54) is 0 Å². The van der Waals surface area contributed by atoms with Crippen molar-refractivity contribution in [2.75, 3.05) is 31.2 Å². The number of ether oxygens (including phenoxy) is 1. The maximum atomic E-state index is 12.1. The number of nitrogens with one attached hydrogen (secondary N) is 1. The summed E-state index contributed by atoms with van der Waals surface area (Å²) >= 11 is 1.65. The highest BCUT2D eigenvalue weighted by molar-refractivity contribution is 7.15. The summed E-state index contributed by atoms with van der Waals surface area (Å²) in [6.45, 7) is 5.47. The standard InChI is InChI=1S/C15H24N4O2S/c1-11-17-18-15(22-11)19-6-2-12(3-7-19)10-14(20)16-13-4-8-21-9-5-13/h12-13H,2-10H2,1H3,(H,16,20). The van der Waals surface area contributed by atoms with Gasteiger partial charge in [-0.25, -0.2) is 0 Å². The van der Waals surface area contributed by atoms with E-state index in [9.17, 15) is 4.79 Å². The van der Waals surface area contributed by atoms with Crippen LogP contribution in [0.25, 0.3) is 0 Å². The molecule has 2 fully saturated rings. The third-order valence-corrected chi connectivity index (χ3v) is 5.36. The van der Waals surface area contributed by atoms with Crippen LogP contribution in [0.2, 0.25) is 0 Å². The van der Waals surface area contributed by atoms with Crippen molar-refractivity contribution < 1.29 is 9.53 Å². The van der Waals surface area contributed by atoms with Gasteiger partial charge in [-0.05, 0) is 38.5 Å². The molecule has 3 rings (SSSR count). The lowest BCUT2D eigenvalue weighted by Crippen LogP contribution is -2.41. The zero-order chi connectivity index (χ0) is 15.4. The van der Waals surface area contributed by atoms with Crippen LogP contribution in [0.5, 0.6) is 0 Å². The molecule has 3 heterocycles. The Labute approximate surface area is 135 Å². The molecule has 2 aliphatic rings. The Morgan fingerprint density at radius 1 is 1.27 bits per heavy atom. The second-order valence-corrected chi connectivity index (χ2v) is 7.35. The van der Waals surface area contributed by atoms with Gasteiger partial charge in [0, 0.05) is 38.8 Å². The predicted octanol–water partition coefficient (Wildman–Crippen LogP) is 1.75. The number of rotatable bonds is 4. The quantitative estimate of drug-likeness (QED) is 0.914. The number of aryl methyl sites for hydroxylation is 1. The van der Waals surface area contributed by atoms with Gasteiger partial charge in [-0.2, -0.15) is 0 Å². The number of aromatic nitrogens is 2. The summed E-state index contributed by atoms with van der Waals surface area (Å²) in [5, 5.41) is 13.5. The van der Waals surface area contributed by atoms with Crippen molar-refractivity contribution in [2.24, 2.45) is 5.92 Å². The van der Waals surface area contributed by atoms with Gasteiger partial charge >= 0.3 is 0 Å². The van der Waals surface area contributed by atoms with Gasteiger partial charge in [0.05, 0.1) is 0 Å². The highest BCUT2D eigenvalue weighted by atomic mass is 32.1. The number of nitrogens with zero attached hydrogens (tertiary/aromatic N) is 3. The van der Waals surface area contributed by atoms with Crippen LogP contribution in [0.3, 0.4) is 0 Å². The highest BCUT2D eigenvalue weighted by Gasteiger charge is 2.24. The van der Waals surface area contributed by atoms with Gasteiger partial charge in [-0.1, -0.05) is 11.3 Å². The first-order valence-electron chi connectivity index (χ1n) is 8.13. The van der Waals surface area contributed by atoms with E-state index in [2.05, 4.69) is 20.4 Å². The van der Waals surface area contributed by atoms with Crippen LogP contribution in [0, 0.1) is 12.8 Å². The second-order valence-electron chi connectivity index (χ2n) is 6.19. The maximum absolute atomic E-state index is 12.1. The minimum Gasteiger partial charge on any atom is -0.381 e. The predicted molar refractivity (Wildman–Crippen MR) is 86.2 cm³/mol. The summed E-state index contributed by atoms with van der Waals surface area (Å²) in [5.74, 6) is 0.696. The molecule has 22 heavy (non-hydrogen) atoms. The van der Waals surface area contributed by atoms with Crippen molar-refractivity contribution in [1.29, 1.82) is 0 Å². The first kappa shape index (κ1) is 15.7. The molecule has 2 aliphatic heterocycles. The molecular formula is C15H24N4O2S. The number of carbonyl (C=O) groups excluding carboxylic acids is 1. The van der Waals surface area contributed by atoms with Gasteiger partial charge in [0.15, 0.2) is 0 Å². The van der Waals surface area contributed by atoms with E-state index in [1.54, 1.807) is 11.3 Å². The third kappa shape index (κ3) is 4.16. The number of carbonyl (C=O) groups is 1. The molecule has 122 valence electrons. The van der Waals surface area contributed by atoms with E-state index < -0.39 is 0 Å². The van der Waals surface area contributed by atoms with Crippen LogP contribution in [-0.2, 0) is 9.53 Å². The molecule has 1 aromatic rings. The van der Waals surface area contributed by atoms with E-state index in [0.717, 1.165) is 62.1 Å². The molecule has 0 aromatic carbocycles. The minimum absolute atomic E-state index is 0.206. The van der Waals surface area contributed by atoms with E-state index in [-0.39, 0.29) is 5.91 Å². The Morgan fingerprint density at radius 3 is 2.64 bits per heavy atom. The lowest BCUT2D eigenvalue weighted by atomic mass is 9.93. The van der Waals surface area contributed by atoms with Gasteiger partial charge in [0.1, 0.15) is 5.01 Å². The van der Waals surface area contributed by atoms with Gasteiger partial charge in [-0.15, -0.1) is 10.2 Å². The van der Waals surface area contributed by atoms with Crippen LogP contribution in [-0.4, -0.2) is 48.4 Å². The molecule has 0 bridgehead atoms. The minimum atomic E-state index is 0.206. The SMILES string of the molecule is Cc1nnc(N2CCC(CC(=O)NC3CCOCC3)CC2)s1. The molecule has 0 unspecified atom stereocenters. The first-order valence-corrected chi connectivity index (χ1v) is 8.94. The van der Waals surface area contributed by atoms with Gasteiger partial charge in [0.25, 0.3) is 0 Å². The van der Waals surface area contributed by atoms with Gasteiger partial charge in [-0.3, -0.25) is 4.79 Å². The Morgan fingerprint density at radius 2 is 2.00 bits per heavy atom. The number of hydrogen-bond donors (Lipinski definition) is 1. The number of piperidine rings is 1. The Balaban J connectivity index is 1.40. The molecule has 0 radical (unpaired) electrons. The second kappa shape index (κ2) is 7.37. The van der Waals surface area contributed by atoms with Gasteiger partial charge < -0.3 is 15.0 Å². The Kier molecular flexibility index (Phi) is 5.25. The van der Waals surface area contributed by atoms with Crippen molar-refractivity contribution in [3.63, 3.8) is 0 Å². The third-order valence-electron chi connectivity index (χ3n) is 4.46. The summed E-state index contributed by atoms with van der Waals surface area (Å²) in [5.41, 5.74) is 0. The molecule has 0 atom stereocenters. The molecule has 0 saturated carbocycles. The average molecular weight is 324 g/mol. The Hall–Kier alpha value is -1.21. The Bertz CT molecular complexity index is 493. The smallest absolute Gasteiger partial charge is 0.220 e. The largest absolute Gasteiger partial charge is 0.381 e. The van der Waals surface area contributed by atoms with Crippen LogP contribution in [0.1, 0.15) is 37.1 Å². The molecule has 6 nitrogen and oxygen atoms in total. The summed E-state index contributed by atoms with van der Waals surface area (Å²) in [4.78, 5) is 14.4. The van der Waals surface area contributed by atoms with E-state index >= 15 is 0 Å². The molecular weight excluding hydrogens is 300 g/mol. The molecule has 1 N–H and O–H groups in total. The van der Waals surface area contributed by atoms with Crippen LogP contribution >= 0.6 is 11.3 Å². The first-order chi connectivity index (χ1) is 10.7. The summed E-state index contributed by atoms with van der Waals surface area (Å²) < 4.78 is 5.32. The summed E-state index contributed by atoms with van der Waals surface area (Å²) in [6.07, 6.45) is 4.65. The maximum Gasteiger partial charge on any atom is 0.220 e. The van der Waals surface area contributed by atoms with E-state index in [0.29, 0.717) is 18.4 Å². The number of hydrogen-bond acceptors (Lipinski definition) is 6. The fourth-order valence-corrected chi connectivity index (χ4v) is 3.87. The van der Waals surface area contributed by atoms with E-state index in [1.807, 2.05) is 6.92 Å². The fraction of sp³-hybridized carbons (Fsp3) is 0.800. The lowest BCUT2D eigenvalue weighted by molar-refractivity contribution is -0.123. The van der Waals surface area contributed by atoms with Crippen molar-refractivity contribution in [3.05, 3.63) is 5.01 Å². The molecule has 1 amide bonds. The van der Waals surface area contributed by atoms with Crippen molar-refractivity contribution >= 4 is 22.4 Å². The molecule has 7 heteroatoms. The lowest BCUT2D eigenvalue weighted by Gasteiger charge is -2.31. The normalized spacial score (nSPS) is 21.0. The molecule has 0 aliphatic carbocycles. The summed E-state index contributed by atoms with van der Waals surface area (Å²) in [6, 6.07) is 0.311. The molecule has 0 spiro atoms. The van der Waals surface area contributed by atoms with Crippen molar-refractivity contribution in [3.8, 4) is 0 Å². The zero-order valence-electron chi connectivity index (χ0n) is 13.1. The molecule has 1 aromatic heterocycles. The van der Waals surface area contributed by atoms with Crippen molar-refractivity contribution in [2.45, 2.75) is 45.1 Å². The van der Waals surface area contributed by atoms with Crippen molar-refractivity contribution in [1.82, 2.24) is 15.5 Å². The van der Waals surface area contributed by atoms with Crippen LogP contribution < -0.4 is 10.2 Å². The fourth-order valence-electron chi connectivity index (χ4n) is 3.13. The average Bonchev–Trinajstić information content (AvgIpc) is 2.95. The zero-order valence-corrected chi connectivity index (χ0v) is 13.9. The van der Waals surface area contributed by atoms with Crippen LogP contribution in [0.15, 0.2) is 0 Å². The van der Waals surface area contributed by atoms with Crippen LogP contribution in [0.4, 0.5) is 5.13 Å². The highest BCUT2D eigenvalue weighted by Crippen LogP contribution is 2.27.